The van der Waals surface area contributed by atoms with Gasteiger partial charge in [0.1, 0.15) is 11.5 Å². The van der Waals surface area contributed by atoms with E-state index in [0.29, 0.717) is 17.3 Å². The Balaban J connectivity index is 1.71. The minimum Gasteiger partial charge on any atom is -0.491 e. The van der Waals surface area contributed by atoms with Gasteiger partial charge in [0.15, 0.2) is 6.10 Å². The zero-order valence-corrected chi connectivity index (χ0v) is 16.3. The van der Waals surface area contributed by atoms with E-state index < -0.39 is 6.10 Å². The number of rotatable bonds is 9. The minimum atomic E-state index is -0.557. The third-order valence-corrected chi connectivity index (χ3v) is 3.96. The van der Waals surface area contributed by atoms with Crippen LogP contribution in [0.1, 0.15) is 32.8 Å². The van der Waals surface area contributed by atoms with E-state index in [1.165, 1.54) is 5.56 Å². The van der Waals surface area contributed by atoms with Crippen molar-refractivity contribution in [2.45, 2.75) is 45.8 Å². The molecule has 2 aromatic carbocycles. The maximum atomic E-state index is 12.1. The van der Waals surface area contributed by atoms with Gasteiger partial charge >= 0.3 is 0 Å². The van der Waals surface area contributed by atoms with Crippen LogP contribution in [-0.4, -0.2) is 24.7 Å². The van der Waals surface area contributed by atoms with Crippen molar-refractivity contribution in [2.24, 2.45) is 0 Å². The molecule has 1 amide bonds. The van der Waals surface area contributed by atoms with E-state index in [-0.39, 0.29) is 12.0 Å². The Bertz CT molecular complexity index is 701. The van der Waals surface area contributed by atoms with Gasteiger partial charge in [0.2, 0.25) is 0 Å². The molecule has 0 bridgehead atoms. The van der Waals surface area contributed by atoms with Gasteiger partial charge in [-0.1, -0.05) is 23.7 Å². The zero-order chi connectivity index (χ0) is 18.9. The summed E-state index contributed by atoms with van der Waals surface area (Å²) < 4.78 is 11.3. The normalized spacial score (nSPS) is 11.9. The first-order chi connectivity index (χ1) is 12.4. The van der Waals surface area contributed by atoms with Crippen LogP contribution in [0.4, 0.5) is 0 Å². The molecule has 2 rings (SSSR count). The lowest BCUT2D eigenvalue weighted by atomic mass is 10.1. The Kier molecular flexibility index (Phi) is 7.79. The van der Waals surface area contributed by atoms with E-state index in [4.69, 9.17) is 21.1 Å². The van der Waals surface area contributed by atoms with Crippen molar-refractivity contribution in [1.29, 1.82) is 0 Å². The number of aryl methyl sites for hydroxylation is 1. The number of hydrogen-bond donors (Lipinski definition) is 1. The lowest BCUT2D eigenvalue weighted by Gasteiger charge is -2.15. The van der Waals surface area contributed by atoms with Crippen molar-refractivity contribution in [3.8, 4) is 11.5 Å². The maximum Gasteiger partial charge on any atom is 0.260 e. The summed E-state index contributed by atoms with van der Waals surface area (Å²) in [4.78, 5) is 12.1. The highest BCUT2D eigenvalue weighted by atomic mass is 35.5. The molecule has 5 heteroatoms. The van der Waals surface area contributed by atoms with Crippen LogP contribution in [0, 0.1) is 0 Å². The van der Waals surface area contributed by atoms with Crippen LogP contribution in [0.25, 0.3) is 0 Å². The Morgan fingerprint density at radius 3 is 2.46 bits per heavy atom. The summed E-state index contributed by atoms with van der Waals surface area (Å²) in [5, 5.41) is 3.55. The highest BCUT2D eigenvalue weighted by Crippen LogP contribution is 2.17. The predicted molar refractivity (Wildman–Crippen MR) is 105 cm³/mol. The van der Waals surface area contributed by atoms with Crippen LogP contribution in [0.5, 0.6) is 11.5 Å². The summed E-state index contributed by atoms with van der Waals surface area (Å²) in [6.07, 6.45) is 1.33. The molecule has 0 aliphatic carbocycles. The van der Waals surface area contributed by atoms with E-state index in [2.05, 4.69) is 11.4 Å². The third-order valence-electron chi connectivity index (χ3n) is 3.71. The van der Waals surface area contributed by atoms with Gasteiger partial charge in [0.25, 0.3) is 5.91 Å². The average molecular weight is 376 g/mol. The summed E-state index contributed by atoms with van der Waals surface area (Å²) in [5.41, 5.74) is 1.20. The first-order valence-corrected chi connectivity index (χ1v) is 9.27. The number of amides is 1. The van der Waals surface area contributed by atoms with Gasteiger partial charge in [-0.2, -0.15) is 0 Å². The lowest BCUT2D eigenvalue weighted by molar-refractivity contribution is -0.127. The van der Waals surface area contributed by atoms with E-state index in [1.807, 2.05) is 32.0 Å². The number of carbonyl (C=O) groups is 1. The van der Waals surface area contributed by atoms with Gasteiger partial charge in [0.05, 0.1) is 6.10 Å². The Morgan fingerprint density at radius 2 is 1.77 bits per heavy atom. The topological polar surface area (TPSA) is 47.6 Å². The molecule has 26 heavy (non-hydrogen) atoms. The lowest BCUT2D eigenvalue weighted by Crippen LogP contribution is -2.36. The molecular weight excluding hydrogens is 350 g/mol. The van der Waals surface area contributed by atoms with Gasteiger partial charge in [-0.05, 0) is 75.6 Å². The maximum absolute atomic E-state index is 12.1. The summed E-state index contributed by atoms with van der Waals surface area (Å²) in [6, 6.07) is 15.0. The van der Waals surface area contributed by atoms with Gasteiger partial charge in [-0.15, -0.1) is 0 Å². The quantitative estimate of drug-likeness (QED) is 0.649. The van der Waals surface area contributed by atoms with Crippen molar-refractivity contribution in [2.75, 3.05) is 6.54 Å². The van der Waals surface area contributed by atoms with Crippen LogP contribution in [0.15, 0.2) is 48.5 Å². The van der Waals surface area contributed by atoms with Gasteiger partial charge in [-0.25, -0.2) is 0 Å². The molecule has 1 atom stereocenters. The SMILES string of the molecule is CC(C)Oc1cccc(CCCNC(=O)C(C)Oc2ccc(Cl)cc2)c1. The van der Waals surface area contributed by atoms with Crippen molar-refractivity contribution in [1.82, 2.24) is 5.32 Å². The number of nitrogens with one attached hydrogen (secondary N) is 1. The molecular formula is C21H26ClNO3. The van der Waals surface area contributed by atoms with Crippen molar-refractivity contribution < 1.29 is 14.3 Å². The molecule has 1 N–H and O–H groups in total. The third kappa shape index (κ3) is 6.96. The molecule has 0 saturated carbocycles. The molecule has 2 aromatic rings. The van der Waals surface area contributed by atoms with E-state index in [9.17, 15) is 4.79 Å². The molecule has 0 fully saturated rings. The van der Waals surface area contributed by atoms with Crippen LogP contribution < -0.4 is 14.8 Å². The van der Waals surface area contributed by atoms with Crippen LogP contribution in [-0.2, 0) is 11.2 Å². The summed E-state index contributed by atoms with van der Waals surface area (Å²) in [6.45, 7) is 6.35. The molecule has 0 aliphatic rings. The highest BCUT2D eigenvalue weighted by Gasteiger charge is 2.13. The molecule has 0 aliphatic heterocycles. The van der Waals surface area contributed by atoms with Crippen molar-refractivity contribution >= 4 is 17.5 Å². The standard InChI is InChI=1S/C21H26ClNO3/c1-15(2)25-20-8-4-6-17(14-20)7-5-13-23-21(24)16(3)26-19-11-9-18(22)10-12-19/h4,6,8-12,14-16H,5,7,13H2,1-3H3,(H,23,24). The molecule has 0 saturated heterocycles. The fraction of sp³-hybridized carbons (Fsp3) is 0.381. The van der Waals surface area contributed by atoms with E-state index in [1.54, 1.807) is 31.2 Å². The Hall–Kier alpha value is -2.20. The first kappa shape index (κ1) is 20.1. The molecule has 0 radical (unpaired) electrons. The van der Waals surface area contributed by atoms with Crippen LogP contribution in [0.3, 0.4) is 0 Å². The van der Waals surface area contributed by atoms with Crippen molar-refractivity contribution in [3.05, 3.63) is 59.1 Å². The Morgan fingerprint density at radius 1 is 1.04 bits per heavy atom. The second kappa shape index (κ2) is 10.1. The number of halogens is 1. The fourth-order valence-electron chi connectivity index (χ4n) is 2.47. The first-order valence-electron chi connectivity index (χ1n) is 8.89. The molecule has 140 valence electrons. The van der Waals surface area contributed by atoms with Gasteiger partial charge in [-0.3, -0.25) is 4.79 Å². The number of hydrogen-bond acceptors (Lipinski definition) is 3. The monoisotopic (exact) mass is 375 g/mol. The highest BCUT2D eigenvalue weighted by molar-refractivity contribution is 6.30. The molecule has 0 aromatic heterocycles. The fourth-order valence-corrected chi connectivity index (χ4v) is 2.59. The van der Waals surface area contributed by atoms with Crippen LogP contribution >= 0.6 is 11.6 Å². The number of ether oxygens (including phenoxy) is 2. The zero-order valence-electron chi connectivity index (χ0n) is 15.5. The minimum absolute atomic E-state index is 0.128. The second-order valence-corrected chi connectivity index (χ2v) is 6.86. The van der Waals surface area contributed by atoms with E-state index >= 15 is 0 Å². The van der Waals surface area contributed by atoms with E-state index in [0.717, 1.165) is 18.6 Å². The molecule has 0 heterocycles. The predicted octanol–water partition coefficient (Wildman–Crippen LogP) is 4.64. The molecule has 1 unspecified atom stereocenters. The summed E-state index contributed by atoms with van der Waals surface area (Å²) >= 11 is 5.84. The number of carbonyl (C=O) groups excluding carboxylic acids is 1. The van der Waals surface area contributed by atoms with Crippen molar-refractivity contribution in [3.63, 3.8) is 0 Å². The molecule has 0 spiro atoms. The molecule has 4 nitrogen and oxygen atoms in total. The largest absolute Gasteiger partial charge is 0.491 e. The smallest absolute Gasteiger partial charge is 0.260 e. The van der Waals surface area contributed by atoms with Gasteiger partial charge < -0.3 is 14.8 Å². The average Bonchev–Trinajstić information content (AvgIpc) is 2.60. The number of benzene rings is 2. The summed E-state index contributed by atoms with van der Waals surface area (Å²) in [5.74, 6) is 1.38. The van der Waals surface area contributed by atoms with Gasteiger partial charge in [0, 0.05) is 11.6 Å². The van der Waals surface area contributed by atoms with Crippen LogP contribution in [0.2, 0.25) is 5.02 Å². The summed E-state index contributed by atoms with van der Waals surface area (Å²) in [7, 11) is 0. The Labute approximate surface area is 160 Å². The second-order valence-electron chi connectivity index (χ2n) is 6.42.